The summed E-state index contributed by atoms with van der Waals surface area (Å²) in [6, 6.07) is 2.03. The Balaban J connectivity index is 1.73. The van der Waals surface area contributed by atoms with Crippen LogP contribution in [0.5, 0.6) is 0 Å². The molecule has 1 aromatic rings. The van der Waals surface area contributed by atoms with Crippen LogP contribution in [0.1, 0.15) is 19.8 Å². The number of cyclic esters (lactones) is 1. The number of amides is 2. The second kappa shape index (κ2) is 9.90. The number of nitrogens with zero attached hydrogens (tertiary/aromatic N) is 2. The summed E-state index contributed by atoms with van der Waals surface area (Å²) >= 11 is 0. The van der Waals surface area contributed by atoms with E-state index in [0.29, 0.717) is 0 Å². The van der Waals surface area contributed by atoms with Gasteiger partial charge in [-0.3, -0.25) is 14.2 Å². The highest BCUT2D eigenvalue weighted by Gasteiger charge is 2.42. The van der Waals surface area contributed by atoms with E-state index in [1.165, 1.54) is 18.9 Å². The molecular weight excluding hydrogens is 467 g/mol. The molecule has 0 aromatic heterocycles. The maximum atomic E-state index is 14.9. The first-order valence-electron chi connectivity index (χ1n) is 10.1. The molecule has 0 radical (unpaired) electrons. The van der Waals surface area contributed by atoms with Crippen molar-refractivity contribution in [2.75, 3.05) is 49.7 Å². The Bertz CT molecular complexity index is 928. The molecule has 0 saturated carbocycles. The van der Waals surface area contributed by atoms with Crippen molar-refractivity contribution >= 4 is 31.2 Å². The zero-order valence-electron chi connectivity index (χ0n) is 18.1. The average molecular weight is 493 g/mol. The number of halogens is 2. The molecule has 2 aliphatic rings. The van der Waals surface area contributed by atoms with E-state index in [2.05, 4.69) is 5.32 Å². The van der Waals surface area contributed by atoms with Gasteiger partial charge in [0.1, 0.15) is 17.4 Å². The van der Waals surface area contributed by atoms with Crippen LogP contribution < -0.4 is 15.1 Å². The van der Waals surface area contributed by atoms with Crippen molar-refractivity contribution in [1.82, 2.24) is 5.32 Å². The van der Waals surface area contributed by atoms with Gasteiger partial charge in [0.2, 0.25) is 5.91 Å². The van der Waals surface area contributed by atoms with Crippen molar-refractivity contribution in [1.29, 1.82) is 0 Å². The van der Waals surface area contributed by atoms with E-state index in [-0.39, 0.29) is 62.9 Å². The number of hydrogen-bond acceptors (Lipinski definition) is 7. The zero-order chi connectivity index (χ0) is 24.4. The van der Waals surface area contributed by atoms with Crippen LogP contribution in [0.2, 0.25) is 0 Å². The molecule has 3 rings (SSSR count). The molecule has 2 heterocycles. The Hall–Kier alpha value is -2.31. The molecule has 2 aliphatic heterocycles. The predicted octanol–water partition coefficient (Wildman–Crippen LogP) is 1.52. The lowest BCUT2D eigenvalue weighted by molar-refractivity contribution is -0.119. The van der Waals surface area contributed by atoms with Crippen molar-refractivity contribution in [2.45, 2.75) is 31.5 Å². The largest absolute Gasteiger partial charge is 0.470 e. The second-order valence-corrected chi connectivity index (χ2v) is 9.16. The smallest absolute Gasteiger partial charge is 0.442 e. The Morgan fingerprint density at radius 3 is 2.42 bits per heavy atom. The maximum absolute atomic E-state index is 14.9. The molecule has 33 heavy (non-hydrogen) atoms. The lowest BCUT2D eigenvalue weighted by atomic mass is 9.92. The molecule has 2 saturated heterocycles. The topological polar surface area (TPSA) is 138 Å². The van der Waals surface area contributed by atoms with Gasteiger partial charge in [-0.1, -0.05) is 0 Å². The summed E-state index contributed by atoms with van der Waals surface area (Å²) in [6.45, 7) is 1.43. The Labute approximate surface area is 188 Å². The molecule has 0 spiro atoms. The molecule has 1 atom stereocenters. The van der Waals surface area contributed by atoms with Crippen molar-refractivity contribution < 1.29 is 46.7 Å². The second-order valence-electron chi connectivity index (χ2n) is 8.00. The molecule has 2 fully saturated rings. The molecular formula is C19H26F2N3O8P. The summed E-state index contributed by atoms with van der Waals surface area (Å²) in [6.07, 6.45) is -1.31. The first kappa shape index (κ1) is 25.3. The first-order chi connectivity index (χ1) is 15.4. The number of phosphoric ester groups is 1. The van der Waals surface area contributed by atoms with E-state index in [0.717, 1.165) is 17.0 Å². The number of carbonyl (C=O) groups is 2. The third kappa shape index (κ3) is 6.18. The van der Waals surface area contributed by atoms with E-state index < -0.39 is 37.3 Å². The minimum Gasteiger partial charge on any atom is -0.442 e. The summed E-state index contributed by atoms with van der Waals surface area (Å²) in [5, 5.41) is 2.52. The number of phosphoric acid groups is 1. The molecule has 1 unspecified atom stereocenters. The van der Waals surface area contributed by atoms with Gasteiger partial charge in [-0.15, -0.1) is 0 Å². The highest BCUT2D eigenvalue weighted by Crippen LogP contribution is 2.46. The van der Waals surface area contributed by atoms with E-state index in [1.807, 2.05) is 0 Å². The lowest BCUT2D eigenvalue weighted by Gasteiger charge is -2.41. The standard InChI is InChI=1S/C19H26F2N3O8P/c1-12(25)22-9-14-10-24(18(26)31-14)13-7-15(20)17(16(21)8-13)23-5-3-19(4-6-23,11-30-2)32-33(27,28)29/h7-8,14H,3-6,9-11H2,1-2H3,(H,22,25)(H2,27,28,29). The molecule has 2 amide bonds. The first-order valence-corrected chi connectivity index (χ1v) is 11.7. The van der Waals surface area contributed by atoms with Crippen molar-refractivity contribution in [3.8, 4) is 0 Å². The van der Waals surface area contributed by atoms with E-state index in [9.17, 15) is 32.7 Å². The van der Waals surface area contributed by atoms with Crippen molar-refractivity contribution in [3.05, 3.63) is 23.8 Å². The monoisotopic (exact) mass is 493 g/mol. The number of benzene rings is 1. The van der Waals surface area contributed by atoms with Crippen molar-refractivity contribution in [3.63, 3.8) is 0 Å². The van der Waals surface area contributed by atoms with Gasteiger partial charge < -0.3 is 29.5 Å². The van der Waals surface area contributed by atoms with Crippen LogP contribution >= 0.6 is 7.82 Å². The number of anilines is 2. The van der Waals surface area contributed by atoms with Gasteiger partial charge in [0.15, 0.2) is 11.6 Å². The number of methoxy groups -OCH3 is 1. The van der Waals surface area contributed by atoms with E-state index in [4.69, 9.17) is 14.0 Å². The fourth-order valence-electron chi connectivity index (χ4n) is 4.02. The molecule has 3 N–H and O–H groups in total. The minimum atomic E-state index is -4.80. The Morgan fingerprint density at radius 1 is 1.30 bits per heavy atom. The number of ether oxygens (including phenoxy) is 2. The fourth-order valence-corrected chi connectivity index (χ4v) is 4.76. The summed E-state index contributed by atoms with van der Waals surface area (Å²) in [4.78, 5) is 44.1. The number of hydrogen-bond donors (Lipinski definition) is 3. The number of piperidine rings is 1. The SMILES string of the molecule is COCC1(OP(=O)(O)O)CCN(c2c(F)cc(N3CC(CNC(C)=O)OC3=O)cc2F)CC1. The molecule has 1 aromatic carbocycles. The number of carbonyl (C=O) groups excluding carboxylic acids is 2. The van der Waals surface area contributed by atoms with Crippen LogP contribution in [-0.2, 0) is 23.4 Å². The van der Waals surface area contributed by atoms with Crippen LogP contribution in [0.25, 0.3) is 0 Å². The number of nitrogens with one attached hydrogen (secondary N) is 1. The Morgan fingerprint density at radius 2 is 1.91 bits per heavy atom. The van der Waals surface area contributed by atoms with Crippen LogP contribution in [0, 0.1) is 11.6 Å². The normalized spacial score (nSPS) is 20.7. The molecule has 0 bridgehead atoms. The van der Waals surface area contributed by atoms with Gasteiger partial charge in [-0.25, -0.2) is 18.1 Å². The quantitative estimate of drug-likeness (QED) is 0.460. The number of rotatable bonds is 8. The van der Waals surface area contributed by atoms with E-state index in [1.54, 1.807) is 0 Å². The third-order valence-corrected chi connectivity index (χ3v) is 6.10. The predicted molar refractivity (Wildman–Crippen MR) is 112 cm³/mol. The highest BCUT2D eigenvalue weighted by molar-refractivity contribution is 7.46. The molecule has 184 valence electrons. The molecule has 0 aliphatic carbocycles. The van der Waals surface area contributed by atoms with Crippen LogP contribution in [0.15, 0.2) is 12.1 Å². The van der Waals surface area contributed by atoms with Gasteiger partial charge in [0, 0.05) is 39.3 Å². The lowest BCUT2D eigenvalue weighted by Crippen LogP contribution is -2.48. The van der Waals surface area contributed by atoms with Crippen molar-refractivity contribution in [2.24, 2.45) is 0 Å². The zero-order valence-corrected chi connectivity index (χ0v) is 19.0. The molecule has 11 nitrogen and oxygen atoms in total. The van der Waals surface area contributed by atoms with Gasteiger partial charge in [-0.05, 0) is 12.8 Å². The minimum absolute atomic E-state index is 0.0142. The van der Waals surface area contributed by atoms with Gasteiger partial charge in [0.05, 0.1) is 25.4 Å². The van der Waals surface area contributed by atoms with Gasteiger partial charge in [0.25, 0.3) is 0 Å². The summed E-state index contributed by atoms with van der Waals surface area (Å²) < 4.78 is 56.3. The fraction of sp³-hybridized carbons (Fsp3) is 0.579. The third-order valence-electron chi connectivity index (χ3n) is 5.48. The summed E-state index contributed by atoms with van der Waals surface area (Å²) in [5.41, 5.74) is -1.62. The van der Waals surface area contributed by atoms with Crippen LogP contribution in [0.3, 0.4) is 0 Å². The highest BCUT2D eigenvalue weighted by atomic mass is 31.2. The average Bonchev–Trinajstić information content (AvgIpc) is 3.07. The summed E-state index contributed by atoms with van der Waals surface area (Å²) in [5.74, 6) is -2.11. The van der Waals surface area contributed by atoms with Crippen LogP contribution in [-0.4, -0.2) is 73.4 Å². The van der Waals surface area contributed by atoms with Crippen LogP contribution in [0.4, 0.5) is 25.0 Å². The van der Waals surface area contributed by atoms with Gasteiger partial charge in [-0.2, -0.15) is 0 Å². The molecule has 14 heteroatoms. The van der Waals surface area contributed by atoms with E-state index >= 15 is 0 Å². The summed E-state index contributed by atoms with van der Waals surface area (Å²) in [7, 11) is -3.44. The van der Waals surface area contributed by atoms with Gasteiger partial charge >= 0.3 is 13.9 Å². The Kier molecular flexibility index (Phi) is 7.59. The maximum Gasteiger partial charge on any atom is 0.470 e.